The highest BCUT2D eigenvalue weighted by molar-refractivity contribution is 7.99. The minimum absolute atomic E-state index is 0.256. The van der Waals surface area contributed by atoms with Gasteiger partial charge in [-0.05, 0) is 62.8 Å². The molecule has 0 aromatic heterocycles. The number of hydrogen-bond donors (Lipinski definition) is 3. The molecule has 0 saturated heterocycles. The van der Waals surface area contributed by atoms with Gasteiger partial charge in [-0.15, -0.1) is 0 Å². The molecular weight excluding hydrogens is 438 g/mol. The molecule has 0 bridgehead atoms. The summed E-state index contributed by atoms with van der Waals surface area (Å²) >= 11 is 7.78. The van der Waals surface area contributed by atoms with Crippen LogP contribution in [0.2, 0.25) is 5.02 Å². The van der Waals surface area contributed by atoms with E-state index in [4.69, 9.17) is 21.8 Å². The van der Waals surface area contributed by atoms with Crippen molar-refractivity contribution >= 4 is 40.9 Å². The fraction of sp³-hybridized carbons (Fsp3) is 0.217. The number of phenolic OH excluding ortho intramolecular Hbond substituents is 1. The van der Waals surface area contributed by atoms with Crippen molar-refractivity contribution in [3.05, 3.63) is 70.8 Å². The molecule has 0 spiro atoms. The zero-order valence-corrected chi connectivity index (χ0v) is 18.8. The van der Waals surface area contributed by atoms with Gasteiger partial charge in [0.1, 0.15) is 5.75 Å². The molecule has 1 heterocycles. The average Bonchev–Trinajstić information content (AvgIpc) is 2.69. The van der Waals surface area contributed by atoms with Crippen molar-refractivity contribution in [3.8, 4) is 5.75 Å². The quantitative estimate of drug-likeness (QED) is 0.351. The summed E-state index contributed by atoms with van der Waals surface area (Å²) in [5.41, 5.74) is 3.42. The lowest BCUT2D eigenvalue weighted by atomic mass is 9.95. The van der Waals surface area contributed by atoms with Crippen molar-refractivity contribution in [1.29, 1.82) is 0 Å². The molecular formula is C23H24ClNO5S. The van der Waals surface area contributed by atoms with Crippen LogP contribution in [-0.4, -0.2) is 52.8 Å². The first-order valence-electron chi connectivity index (χ1n) is 9.48. The smallest absolute Gasteiger partial charge is 0.328 e. The number of hydrogen-bond acceptors (Lipinski definition) is 5. The summed E-state index contributed by atoms with van der Waals surface area (Å²) in [7, 11) is 4.18. The number of halogens is 1. The number of phenols is 1. The van der Waals surface area contributed by atoms with E-state index in [1.165, 1.54) is 16.0 Å². The predicted octanol–water partition coefficient (Wildman–Crippen LogP) is 5.00. The Balaban J connectivity index is 0.000000366. The van der Waals surface area contributed by atoms with Crippen LogP contribution in [0.3, 0.4) is 0 Å². The van der Waals surface area contributed by atoms with Gasteiger partial charge in [0.15, 0.2) is 0 Å². The number of aromatic hydroxyl groups is 1. The summed E-state index contributed by atoms with van der Waals surface area (Å²) in [6, 6.07) is 11.9. The third-order valence-corrected chi connectivity index (χ3v) is 5.67. The zero-order valence-electron chi connectivity index (χ0n) is 17.2. The summed E-state index contributed by atoms with van der Waals surface area (Å²) in [5.74, 6) is -2.26. The molecule has 0 radical (unpaired) electrons. The molecule has 31 heavy (non-hydrogen) atoms. The standard InChI is InChI=1S/C19H20ClNOS.C4H4O4/c1-21(2)10-6-5-7-14-15-8-3-4-9-18(15)23-19-16(14)11-13(20)12-17(19)22;5-3(6)1-2-4(7)8/h3-4,7-9,11-12,22H,5-6,10H2,1-2H3;1-2H,(H,5,6)(H,7,8)/b14-7+;2-1-. The second-order valence-electron chi connectivity index (χ2n) is 6.97. The van der Waals surface area contributed by atoms with Gasteiger partial charge >= 0.3 is 11.9 Å². The van der Waals surface area contributed by atoms with Crippen molar-refractivity contribution in [3.63, 3.8) is 0 Å². The monoisotopic (exact) mass is 461 g/mol. The van der Waals surface area contributed by atoms with Gasteiger partial charge in [0.05, 0.1) is 4.90 Å². The SMILES string of the molecule is CN(C)CCC/C=C1\c2ccccc2Sc2c(O)cc(Cl)cc21.O=C(O)/C=C\C(=O)O. The summed E-state index contributed by atoms with van der Waals surface area (Å²) in [4.78, 5) is 23.4. The topological polar surface area (TPSA) is 98.1 Å². The molecule has 0 atom stereocenters. The highest BCUT2D eigenvalue weighted by Gasteiger charge is 2.23. The lowest BCUT2D eigenvalue weighted by Crippen LogP contribution is -2.12. The van der Waals surface area contributed by atoms with Crippen LogP contribution in [0, 0.1) is 0 Å². The number of carbonyl (C=O) groups is 2. The number of benzene rings is 2. The van der Waals surface area contributed by atoms with E-state index in [0.717, 1.165) is 29.8 Å². The number of carboxylic acids is 2. The van der Waals surface area contributed by atoms with Crippen LogP contribution < -0.4 is 0 Å². The van der Waals surface area contributed by atoms with Gasteiger partial charge in [0.2, 0.25) is 0 Å². The van der Waals surface area contributed by atoms with E-state index >= 15 is 0 Å². The van der Waals surface area contributed by atoms with Crippen LogP contribution in [0.1, 0.15) is 24.0 Å². The van der Waals surface area contributed by atoms with Gasteiger partial charge in [-0.25, -0.2) is 9.59 Å². The summed E-state index contributed by atoms with van der Waals surface area (Å²) in [5, 5.41) is 26.5. The molecule has 1 aliphatic heterocycles. The van der Waals surface area contributed by atoms with E-state index in [9.17, 15) is 14.7 Å². The van der Waals surface area contributed by atoms with E-state index < -0.39 is 11.9 Å². The van der Waals surface area contributed by atoms with Crippen LogP contribution >= 0.6 is 23.4 Å². The molecule has 0 amide bonds. The van der Waals surface area contributed by atoms with Gasteiger partial charge in [-0.3, -0.25) is 0 Å². The lowest BCUT2D eigenvalue weighted by molar-refractivity contribution is -0.134. The Morgan fingerprint density at radius 3 is 2.32 bits per heavy atom. The Labute approximate surface area is 190 Å². The highest BCUT2D eigenvalue weighted by atomic mass is 35.5. The van der Waals surface area contributed by atoms with Crippen LogP contribution in [0.4, 0.5) is 0 Å². The first-order valence-corrected chi connectivity index (χ1v) is 10.7. The Bertz CT molecular complexity index is 1000. The van der Waals surface area contributed by atoms with Gasteiger partial charge in [0, 0.05) is 27.6 Å². The Hall–Kier alpha value is -2.74. The number of allylic oxidation sites excluding steroid dienone is 1. The van der Waals surface area contributed by atoms with Crippen molar-refractivity contribution in [2.75, 3.05) is 20.6 Å². The minimum atomic E-state index is -1.26. The maximum absolute atomic E-state index is 10.3. The van der Waals surface area contributed by atoms with Crippen molar-refractivity contribution in [1.82, 2.24) is 4.90 Å². The van der Waals surface area contributed by atoms with E-state index in [1.54, 1.807) is 17.8 Å². The molecule has 3 rings (SSSR count). The Morgan fingerprint density at radius 2 is 1.71 bits per heavy atom. The summed E-state index contributed by atoms with van der Waals surface area (Å²) in [6.45, 7) is 1.06. The second kappa shape index (κ2) is 11.6. The van der Waals surface area contributed by atoms with Crippen LogP contribution in [0.5, 0.6) is 5.75 Å². The molecule has 0 fully saturated rings. The van der Waals surface area contributed by atoms with Gasteiger partial charge < -0.3 is 20.2 Å². The van der Waals surface area contributed by atoms with Crippen molar-refractivity contribution < 1.29 is 24.9 Å². The number of aliphatic carboxylic acids is 2. The molecule has 3 N–H and O–H groups in total. The van der Waals surface area contributed by atoms with Gasteiger partial charge in [-0.2, -0.15) is 0 Å². The van der Waals surface area contributed by atoms with Crippen LogP contribution in [0.25, 0.3) is 5.57 Å². The molecule has 2 aromatic carbocycles. The molecule has 0 aliphatic carbocycles. The third-order valence-electron chi connectivity index (χ3n) is 4.24. The Kier molecular flexibility index (Phi) is 9.18. The van der Waals surface area contributed by atoms with Crippen LogP contribution in [0.15, 0.2) is 64.4 Å². The average molecular weight is 462 g/mol. The number of nitrogens with zero attached hydrogens (tertiary/aromatic N) is 1. The normalized spacial score (nSPS) is 13.5. The third kappa shape index (κ3) is 7.47. The molecule has 1 aliphatic rings. The van der Waals surface area contributed by atoms with E-state index in [1.807, 2.05) is 12.1 Å². The maximum Gasteiger partial charge on any atom is 0.328 e. The molecule has 2 aromatic rings. The molecule has 0 unspecified atom stereocenters. The number of rotatable bonds is 6. The lowest BCUT2D eigenvalue weighted by Gasteiger charge is -2.23. The highest BCUT2D eigenvalue weighted by Crippen LogP contribution is 2.49. The zero-order chi connectivity index (χ0) is 23.0. The van der Waals surface area contributed by atoms with Gasteiger partial charge in [-0.1, -0.05) is 47.6 Å². The predicted molar refractivity (Wildman–Crippen MR) is 123 cm³/mol. The molecule has 6 nitrogen and oxygen atoms in total. The first kappa shape index (κ1) is 24.5. The van der Waals surface area contributed by atoms with E-state index in [0.29, 0.717) is 17.2 Å². The second-order valence-corrected chi connectivity index (χ2v) is 8.46. The number of unbranched alkanes of at least 4 members (excludes halogenated alkanes) is 1. The van der Waals surface area contributed by atoms with Crippen molar-refractivity contribution in [2.24, 2.45) is 0 Å². The fourth-order valence-electron chi connectivity index (χ4n) is 2.94. The Morgan fingerprint density at radius 1 is 1.06 bits per heavy atom. The molecule has 164 valence electrons. The summed E-state index contributed by atoms with van der Waals surface area (Å²) < 4.78 is 0. The minimum Gasteiger partial charge on any atom is -0.507 e. The molecule has 8 heteroatoms. The number of fused-ring (bicyclic) bond motifs is 2. The van der Waals surface area contributed by atoms with E-state index in [2.05, 4.69) is 43.3 Å². The largest absolute Gasteiger partial charge is 0.507 e. The van der Waals surface area contributed by atoms with Crippen LogP contribution in [-0.2, 0) is 9.59 Å². The molecule has 0 saturated carbocycles. The van der Waals surface area contributed by atoms with Gasteiger partial charge in [0.25, 0.3) is 0 Å². The fourth-order valence-corrected chi connectivity index (χ4v) is 4.25. The maximum atomic E-state index is 10.3. The number of carboxylic acid groups (broad SMARTS) is 2. The first-order chi connectivity index (χ1) is 14.7. The van der Waals surface area contributed by atoms with Crippen molar-refractivity contribution in [2.45, 2.75) is 22.6 Å². The van der Waals surface area contributed by atoms with E-state index in [-0.39, 0.29) is 5.75 Å². The summed E-state index contributed by atoms with van der Waals surface area (Å²) in [6.07, 6.45) is 5.49.